The third kappa shape index (κ3) is 5.66. The normalized spacial score (nSPS) is 12.9. The number of anilines is 1. The maximum absolute atomic E-state index is 13.2. The molecule has 0 radical (unpaired) electrons. The Hall–Kier alpha value is -3.16. The Kier molecular flexibility index (Phi) is 6.64. The molecule has 2 aromatic rings. The third-order valence-corrected chi connectivity index (χ3v) is 4.51. The van der Waals surface area contributed by atoms with E-state index in [2.05, 4.69) is 5.32 Å². The number of carbonyl (C=O) groups excluding carboxylic acids is 2. The number of nitrogens with zero attached hydrogens (tertiary/aromatic N) is 1. The van der Waals surface area contributed by atoms with Crippen LogP contribution in [-0.4, -0.2) is 43.0 Å². The number of amides is 2. The zero-order valence-corrected chi connectivity index (χ0v) is 16.0. The summed E-state index contributed by atoms with van der Waals surface area (Å²) in [5, 5.41) is 2.51. The van der Waals surface area contributed by atoms with Crippen molar-refractivity contribution < 1.29 is 27.8 Å². The van der Waals surface area contributed by atoms with E-state index >= 15 is 0 Å². The van der Waals surface area contributed by atoms with Crippen LogP contribution in [0.3, 0.4) is 0 Å². The number of ether oxygens (including phenoxy) is 2. The van der Waals surface area contributed by atoms with Crippen molar-refractivity contribution in [3.63, 3.8) is 0 Å². The Morgan fingerprint density at radius 2 is 1.83 bits per heavy atom. The first-order valence-corrected chi connectivity index (χ1v) is 9.28. The molecule has 0 saturated heterocycles. The van der Waals surface area contributed by atoms with Crippen molar-refractivity contribution in [2.75, 3.05) is 25.6 Å². The maximum atomic E-state index is 13.2. The highest BCUT2D eigenvalue weighted by Crippen LogP contribution is 2.29. The molecule has 1 N–H and O–H groups in total. The molecule has 0 heterocycles. The van der Waals surface area contributed by atoms with Crippen LogP contribution < -0.4 is 14.8 Å². The van der Waals surface area contributed by atoms with Crippen LogP contribution in [-0.2, 0) is 9.59 Å². The van der Waals surface area contributed by atoms with E-state index in [0.717, 1.165) is 25.0 Å². The number of para-hydroxylation sites is 2. The molecule has 0 spiro atoms. The van der Waals surface area contributed by atoms with E-state index in [1.54, 1.807) is 29.2 Å². The monoisotopic (exact) mass is 404 g/mol. The number of halogens is 2. The lowest BCUT2D eigenvalue weighted by atomic mass is 10.2. The highest BCUT2D eigenvalue weighted by molar-refractivity contribution is 5.91. The van der Waals surface area contributed by atoms with Crippen LogP contribution in [0.1, 0.15) is 19.3 Å². The Balaban J connectivity index is 1.52. The van der Waals surface area contributed by atoms with Crippen molar-refractivity contribution >= 4 is 17.5 Å². The largest absolute Gasteiger partial charge is 0.493 e. The summed E-state index contributed by atoms with van der Waals surface area (Å²) >= 11 is 0. The first-order chi connectivity index (χ1) is 14.0. The first-order valence-electron chi connectivity index (χ1n) is 9.28. The topological polar surface area (TPSA) is 67.9 Å². The van der Waals surface area contributed by atoms with Crippen LogP contribution in [0.2, 0.25) is 0 Å². The van der Waals surface area contributed by atoms with Gasteiger partial charge in [-0.25, -0.2) is 8.78 Å². The minimum Gasteiger partial charge on any atom is -0.493 e. The van der Waals surface area contributed by atoms with Gasteiger partial charge in [0.1, 0.15) is 0 Å². The van der Waals surface area contributed by atoms with Crippen LogP contribution in [0.4, 0.5) is 14.5 Å². The van der Waals surface area contributed by atoms with Gasteiger partial charge in [0.2, 0.25) is 5.91 Å². The van der Waals surface area contributed by atoms with Crippen LogP contribution in [0, 0.1) is 11.6 Å². The van der Waals surface area contributed by atoms with E-state index in [1.165, 1.54) is 13.2 Å². The fraction of sp³-hybridized carbons (Fsp3) is 0.333. The number of methoxy groups -OCH3 is 1. The average Bonchev–Trinajstić information content (AvgIpc) is 3.54. The van der Waals surface area contributed by atoms with Crippen molar-refractivity contribution in [3.05, 3.63) is 54.1 Å². The molecule has 8 heteroatoms. The second-order valence-corrected chi connectivity index (χ2v) is 6.68. The molecule has 2 amide bonds. The second kappa shape index (κ2) is 9.36. The number of nitrogens with one attached hydrogen (secondary N) is 1. The smallest absolute Gasteiger partial charge is 0.260 e. The molecule has 2 aromatic carbocycles. The molecular formula is C21H22F2N2O4. The molecule has 0 unspecified atom stereocenters. The van der Waals surface area contributed by atoms with E-state index in [9.17, 15) is 18.4 Å². The van der Waals surface area contributed by atoms with Gasteiger partial charge in [0.05, 0.1) is 7.11 Å². The molecule has 1 aliphatic carbocycles. The lowest BCUT2D eigenvalue weighted by Gasteiger charge is -2.22. The van der Waals surface area contributed by atoms with Crippen molar-refractivity contribution in [1.82, 2.24) is 4.90 Å². The zero-order chi connectivity index (χ0) is 20.8. The van der Waals surface area contributed by atoms with Crippen molar-refractivity contribution in [2.24, 2.45) is 0 Å². The summed E-state index contributed by atoms with van der Waals surface area (Å²) in [5.41, 5.74) is 0.165. The Morgan fingerprint density at radius 3 is 2.48 bits per heavy atom. The van der Waals surface area contributed by atoms with E-state index < -0.39 is 11.6 Å². The Morgan fingerprint density at radius 1 is 1.10 bits per heavy atom. The quantitative estimate of drug-likeness (QED) is 0.696. The minimum atomic E-state index is -1.04. The highest BCUT2D eigenvalue weighted by Gasteiger charge is 2.32. The van der Waals surface area contributed by atoms with E-state index in [-0.39, 0.29) is 43.1 Å². The van der Waals surface area contributed by atoms with Gasteiger partial charge in [-0.1, -0.05) is 12.1 Å². The molecule has 154 valence electrons. The zero-order valence-electron chi connectivity index (χ0n) is 16.0. The van der Waals surface area contributed by atoms with Crippen molar-refractivity contribution in [2.45, 2.75) is 25.3 Å². The number of carbonyl (C=O) groups is 2. The summed E-state index contributed by atoms with van der Waals surface area (Å²) < 4.78 is 37.0. The van der Waals surface area contributed by atoms with E-state index in [0.29, 0.717) is 11.5 Å². The molecule has 29 heavy (non-hydrogen) atoms. The molecule has 0 aromatic heterocycles. The van der Waals surface area contributed by atoms with Crippen molar-refractivity contribution in [1.29, 1.82) is 0 Å². The predicted molar refractivity (Wildman–Crippen MR) is 103 cm³/mol. The van der Waals surface area contributed by atoms with E-state index in [1.807, 2.05) is 0 Å². The molecule has 1 aliphatic rings. The van der Waals surface area contributed by atoms with Gasteiger partial charge in [-0.15, -0.1) is 0 Å². The summed E-state index contributed by atoms with van der Waals surface area (Å²) in [6.45, 7) is 0.0515. The molecule has 6 nitrogen and oxygen atoms in total. The standard InChI is InChI=1S/C21H22F2N2O4/c1-28-18-4-2-3-5-19(18)29-13-21(27)25(15-7-8-15)11-10-20(26)24-14-6-9-16(22)17(23)12-14/h2-6,9,12,15H,7-8,10-11,13H2,1H3,(H,24,26). The Bertz CT molecular complexity index is 887. The molecule has 1 fully saturated rings. The third-order valence-electron chi connectivity index (χ3n) is 4.51. The minimum absolute atomic E-state index is 0.0376. The summed E-state index contributed by atoms with van der Waals surface area (Å²) in [7, 11) is 1.52. The number of hydrogen-bond acceptors (Lipinski definition) is 4. The second-order valence-electron chi connectivity index (χ2n) is 6.68. The summed E-state index contributed by atoms with van der Waals surface area (Å²) in [5.74, 6) is -1.63. The number of benzene rings is 2. The lowest BCUT2D eigenvalue weighted by molar-refractivity contribution is -0.134. The van der Waals surface area contributed by atoms with Crippen LogP contribution >= 0.6 is 0 Å². The fourth-order valence-electron chi connectivity index (χ4n) is 2.88. The van der Waals surface area contributed by atoms with Gasteiger partial charge in [-0.2, -0.15) is 0 Å². The van der Waals surface area contributed by atoms with Crippen molar-refractivity contribution in [3.8, 4) is 11.5 Å². The fourth-order valence-corrected chi connectivity index (χ4v) is 2.88. The Labute approximate surface area is 167 Å². The van der Waals surface area contributed by atoms with Gasteiger partial charge < -0.3 is 19.7 Å². The summed E-state index contributed by atoms with van der Waals surface area (Å²) in [6, 6.07) is 10.3. The molecule has 0 bridgehead atoms. The summed E-state index contributed by atoms with van der Waals surface area (Å²) in [4.78, 5) is 26.3. The highest BCUT2D eigenvalue weighted by atomic mass is 19.2. The van der Waals surface area contributed by atoms with Gasteiger partial charge >= 0.3 is 0 Å². The van der Waals surface area contributed by atoms with Gasteiger partial charge in [0, 0.05) is 30.8 Å². The lowest BCUT2D eigenvalue weighted by Crippen LogP contribution is -2.38. The van der Waals surface area contributed by atoms with Crippen LogP contribution in [0.25, 0.3) is 0 Å². The molecular weight excluding hydrogens is 382 g/mol. The van der Waals surface area contributed by atoms with E-state index in [4.69, 9.17) is 9.47 Å². The number of hydrogen-bond donors (Lipinski definition) is 1. The molecule has 3 rings (SSSR count). The van der Waals surface area contributed by atoms with Gasteiger partial charge in [-0.05, 0) is 37.1 Å². The van der Waals surface area contributed by atoms with Gasteiger partial charge in [0.15, 0.2) is 29.7 Å². The molecule has 0 atom stereocenters. The van der Waals surface area contributed by atoms with Crippen LogP contribution in [0.15, 0.2) is 42.5 Å². The predicted octanol–water partition coefficient (Wildman–Crippen LogP) is 3.37. The van der Waals surface area contributed by atoms with Gasteiger partial charge in [0.25, 0.3) is 5.91 Å². The SMILES string of the molecule is COc1ccccc1OCC(=O)N(CCC(=O)Nc1ccc(F)c(F)c1)C1CC1. The molecule has 0 aliphatic heterocycles. The summed E-state index contributed by atoms with van der Waals surface area (Å²) in [6.07, 6.45) is 1.80. The molecule has 1 saturated carbocycles. The van der Waals surface area contributed by atoms with Crippen LogP contribution in [0.5, 0.6) is 11.5 Å². The number of rotatable bonds is 9. The first kappa shape index (κ1) is 20.6. The van der Waals surface area contributed by atoms with Gasteiger partial charge in [-0.3, -0.25) is 9.59 Å². The maximum Gasteiger partial charge on any atom is 0.260 e. The average molecular weight is 404 g/mol.